The lowest BCUT2D eigenvalue weighted by Crippen LogP contribution is -2.41. The minimum atomic E-state index is -3.71. The second-order valence-corrected chi connectivity index (χ2v) is 9.20. The number of carbonyl (C=O) groups is 1. The minimum Gasteiger partial charge on any atom is -0.468 e. The number of hydrogen-bond acceptors (Lipinski definition) is 5. The van der Waals surface area contributed by atoms with Crippen LogP contribution in [0.1, 0.15) is 5.76 Å². The number of sulfonamides is 1. The molecule has 0 spiro atoms. The first-order chi connectivity index (χ1) is 12.3. The summed E-state index contributed by atoms with van der Waals surface area (Å²) >= 11 is 13.6. The standard InChI is InChI=1S/C16H18Cl2N2O4S2/c1-26(22,23)20(15-9-12(17)4-5-14(15)18)10-16(21)19-6-8-25-11-13-3-2-7-24-13/h2-5,7,9H,6,8,10-11H2,1H3,(H,19,21). The molecule has 1 N–H and O–H groups in total. The highest BCUT2D eigenvalue weighted by Gasteiger charge is 2.23. The van der Waals surface area contributed by atoms with E-state index in [-0.39, 0.29) is 17.3 Å². The molecule has 142 valence electrons. The monoisotopic (exact) mass is 436 g/mol. The summed E-state index contributed by atoms with van der Waals surface area (Å²) in [6, 6.07) is 8.14. The molecular weight excluding hydrogens is 419 g/mol. The van der Waals surface area contributed by atoms with E-state index >= 15 is 0 Å². The van der Waals surface area contributed by atoms with Gasteiger partial charge in [0.15, 0.2) is 0 Å². The number of rotatable bonds is 9. The van der Waals surface area contributed by atoms with Crippen LogP contribution in [0.3, 0.4) is 0 Å². The van der Waals surface area contributed by atoms with Gasteiger partial charge < -0.3 is 9.73 Å². The number of nitrogens with zero attached hydrogens (tertiary/aromatic N) is 1. The topological polar surface area (TPSA) is 79.6 Å². The van der Waals surface area contributed by atoms with E-state index in [1.807, 2.05) is 12.1 Å². The van der Waals surface area contributed by atoms with Gasteiger partial charge in [0, 0.05) is 17.3 Å². The number of thioether (sulfide) groups is 1. The van der Waals surface area contributed by atoms with Gasteiger partial charge in [0.05, 0.1) is 29.0 Å². The molecule has 0 saturated carbocycles. The maximum atomic E-state index is 12.1. The van der Waals surface area contributed by atoms with Gasteiger partial charge >= 0.3 is 0 Å². The Kier molecular flexibility index (Phi) is 7.69. The van der Waals surface area contributed by atoms with Gasteiger partial charge in [-0.05, 0) is 30.3 Å². The Morgan fingerprint density at radius 1 is 1.31 bits per heavy atom. The fraction of sp³-hybridized carbons (Fsp3) is 0.312. The molecule has 10 heteroatoms. The van der Waals surface area contributed by atoms with Gasteiger partial charge in [-0.15, -0.1) is 0 Å². The molecule has 1 amide bonds. The quantitative estimate of drug-likeness (QED) is 0.609. The number of amides is 1. The summed E-state index contributed by atoms with van der Waals surface area (Å²) in [6.07, 6.45) is 2.62. The molecule has 1 aromatic heterocycles. The fourth-order valence-corrected chi connectivity index (χ4v) is 4.13. The molecule has 0 radical (unpaired) electrons. The Morgan fingerprint density at radius 3 is 2.73 bits per heavy atom. The Bertz CT molecular complexity index is 842. The summed E-state index contributed by atoms with van der Waals surface area (Å²) in [7, 11) is -3.71. The van der Waals surface area contributed by atoms with Crippen molar-refractivity contribution in [2.24, 2.45) is 0 Å². The van der Waals surface area contributed by atoms with Crippen molar-refractivity contribution in [1.82, 2.24) is 5.32 Å². The molecule has 0 aliphatic heterocycles. The molecule has 0 bridgehead atoms. The first kappa shape index (κ1) is 21.0. The third-order valence-corrected chi connectivity index (χ3v) is 5.92. The van der Waals surface area contributed by atoms with Crippen molar-refractivity contribution < 1.29 is 17.6 Å². The van der Waals surface area contributed by atoms with Crippen molar-refractivity contribution >= 4 is 56.6 Å². The largest absolute Gasteiger partial charge is 0.468 e. The summed E-state index contributed by atoms with van der Waals surface area (Å²) in [5, 5.41) is 3.22. The lowest BCUT2D eigenvalue weighted by Gasteiger charge is -2.23. The molecule has 1 aromatic carbocycles. The number of halogens is 2. The number of carbonyl (C=O) groups excluding carboxylic acids is 1. The molecule has 2 rings (SSSR count). The van der Waals surface area contributed by atoms with Crippen LogP contribution >= 0.6 is 35.0 Å². The van der Waals surface area contributed by atoms with E-state index in [0.29, 0.717) is 23.1 Å². The highest BCUT2D eigenvalue weighted by atomic mass is 35.5. The van der Waals surface area contributed by atoms with Gasteiger partial charge in [0.25, 0.3) is 0 Å². The molecule has 0 fully saturated rings. The molecule has 0 saturated heterocycles. The van der Waals surface area contributed by atoms with Gasteiger partial charge in [0.1, 0.15) is 12.3 Å². The van der Waals surface area contributed by atoms with Gasteiger partial charge in [0.2, 0.25) is 15.9 Å². The van der Waals surface area contributed by atoms with Crippen molar-refractivity contribution in [3.8, 4) is 0 Å². The van der Waals surface area contributed by atoms with Crippen LogP contribution in [0.4, 0.5) is 5.69 Å². The van der Waals surface area contributed by atoms with Crippen molar-refractivity contribution in [1.29, 1.82) is 0 Å². The molecule has 6 nitrogen and oxygen atoms in total. The Balaban J connectivity index is 1.89. The zero-order valence-corrected chi connectivity index (χ0v) is 17.1. The van der Waals surface area contributed by atoms with Gasteiger partial charge in [-0.3, -0.25) is 9.10 Å². The van der Waals surface area contributed by atoms with Gasteiger partial charge in [-0.2, -0.15) is 11.8 Å². The van der Waals surface area contributed by atoms with Crippen LogP contribution < -0.4 is 9.62 Å². The van der Waals surface area contributed by atoms with Crippen molar-refractivity contribution in [2.75, 3.05) is 29.4 Å². The Labute approximate surface area is 166 Å². The van der Waals surface area contributed by atoms with E-state index in [1.54, 1.807) is 24.1 Å². The third kappa shape index (κ3) is 6.42. The predicted molar refractivity (Wildman–Crippen MR) is 107 cm³/mol. The first-order valence-corrected chi connectivity index (χ1v) is 11.3. The summed E-state index contributed by atoms with van der Waals surface area (Å²) in [5.41, 5.74) is 0.170. The molecule has 1 heterocycles. The lowest BCUT2D eigenvalue weighted by atomic mass is 10.3. The van der Waals surface area contributed by atoms with E-state index in [4.69, 9.17) is 27.6 Å². The minimum absolute atomic E-state index is 0.170. The summed E-state index contributed by atoms with van der Waals surface area (Å²) in [6.45, 7) is 0.0346. The van der Waals surface area contributed by atoms with Crippen LogP contribution in [0, 0.1) is 0 Å². The maximum Gasteiger partial charge on any atom is 0.240 e. The molecule has 0 atom stereocenters. The van der Waals surface area contributed by atoms with Crippen molar-refractivity contribution in [3.05, 3.63) is 52.4 Å². The number of furan rings is 1. The molecule has 0 aliphatic carbocycles. The number of benzene rings is 1. The summed E-state index contributed by atoms with van der Waals surface area (Å²) in [5.74, 6) is 1.81. The second-order valence-electron chi connectivity index (χ2n) is 5.35. The van der Waals surface area contributed by atoms with Gasteiger partial charge in [-0.25, -0.2) is 8.42 Å². The van der Waals surface area contributed by atoms with Crippen molar-refractivity contribution in [3.63, 3.8) is 0 Å². The molecule has 2 aromatic rings. The lowest BCUT2D eigenvalue weighted by molar-refractivity contribution is -0.119. The average molecular weight is 437 g/mol. The summed E-state index contributed by atoms with van der Waals surface area (Å²) < 4.78 is 30.3. The second kappa shape index (κ2) is 9.55. The molecule has 0 unspecified atom stereocenters. The number of hydrogen-bond donors (Lipinski definition) is 1. The van der Waals surface area contributed by atoms with E-state index in [9.17, 15) is 13.2 Å². The Hall–Kier alpha value is -1.35. The molecule has 0 aliphatic rings. The van der Waals surface area contributed by atoms with Crippen LogP contribution in [-0.2, 0) is 20.6 Å². The smallest absolute Gasteiger partial charge is 0.240 e. The van der Waals surface area contributed by atoms with Crippen LogP contribution in [0.25, 0.3) is 0 Å². The van der Waals surface area contributed by atoms with E-state index < -0.39 is 15.9 Å². The van der Waals surface area contributed by atoms with Crippen LogP contribution in [0.5, 0.6) is 0 Å². The zero-order valence-electron chi connectivity index (χ0n) is 13.9. The number of nitrogens with one attached hydrogen (secondary N) is 1. The van der Waals surface area contributed by atoms with Crippen LogP contribution in [0.15, 0.2) is 41.0 Å². The van der Waals surface area contributed by atoms with Gasteiger partial charge in [-0.1, -0.05) is 23.2 Å². The van der Waals surface area contributed by atoms with E-state index in [2.05, 4.69) is 5.32 Å². The van der Waals surface area contributed by atoms with E-state index in [0.717, 1.165) is 16.3 Å². The fourth-order valence-electron chi connectivity index (χ4n) is 2.07. The average Bonchev–Trinajstić information content (AvgIpc) is 3.07. The first-order valence-electron chi connectivity index (χ1n) is 7.57. The normalized spacial score (nSPS) is 11.3. The van der Waals surface area contributed by atoms with Crippen LogP contribution in [-0.4, -0.2) is 39.4 Å². The highest BCUT2D eigenvalue weighted by Crippen LogP contribution is 2.30. The molecular formula is C16H18Cl2N2O4S2. The third-order valence-electron chi connectivity index (χ3n) is 3.26. The maximum absolute atomic E-state index is 12.1. The van der Waals surface area contributed by atoms with Crippen molar-refractivity contribution in [2.45, 2.75) is 5.75 Å². The zero-order chi connectivity index (χ0) is 19.2. The van der Waals surface area contributed by atoms with E-state index in [1.165, 1.54) is 12.1 Å². The Morgan fingerprint density at radius 2 is 2.08 bits per heavy atom. The SMILES string of the molecule is CS(=O)(=O)N(CC(=O)NCCSCc1ccco1)c1cc(Cl)ccc1Cl. The predicted octanol–water partition coefficient (Wildman–Crippen LogP) is 3.40. The molecule has 26 heavy (non-hydrogen) atoms. The number of anilines is 1. The van der Waals surface area contributed by atoms with Crippen LogP contribution in [0.2, 0.25) is 10.0 Å². The highest BCUT2D eigenvalue weighted by molar-refractivity contribution is 7.98. The summed E-state index contributed by atoms with van der Waals surface area (Å²) in [4.78, 5) is 12.1.